The van der Waals surface area contributed by atoms with Crippen LogP contribution in [0.2, 0.25) is 0 Å². The third-order valence-corrected chi connectivity index (χ3v) is 4.28. The Morgan fingerprint density at radius 2 is 2.00 bits per heavy atom. The molecule has 1 aliphatic carbocycles. The fourth-order valence-electron chi connectivity index (χ4n) is 3.02. The molecule has 1 unspecified atom stereocenters. The number of hydrogen-bond donors (Lipinski definition) is 1. The number of carbonyl (C=O) groups is 1. The minimum atomic E-state index is -0.760. The summed E-state index contributed by atoms with van der Waals surface area (Å²) in [7, 11) is 1.48. The van der Waals surface area contributed by atoms with E-state index in [-0.39, 0.29) is 11.9 Å². The second-order valence-corrected chi connectivity index (χ2v) is 5.92. The number of fused-ring (bicyclic) bond motifs is 1. The van der Waals surface area contributed by atoms with Crippen LogP contribution in [0.3, 0.4) is 0 Å². The predicted octanol–water partition coefficient (Wildman–Crippen LogP) is 3.12. The number of halogens is 1. The molecule has 24 heavy (non-hydrogen) atoms. The highest BCUT2D eigenvalue weighted by atomic mass is 19.1. The number of ether oxygens (including phenoxy) is 1. The van der Waals surface area contributed by atoms with E-state index < -0.39 is 12.1 Å². The van der Waals surface area contributed by atoms with Crippen LogP contribution in [0.4, 0.5) is 4.39 Å². The first-order chi connectivity index (χ1) is 11.7. The van der Waals surface area contributed by atoms with E-state index >= 15 is 0 Å². The van der Waals surface area contributed by atoms with E-state index in [0.29, 0.717) is 6.42 Å². The zero-order valence-corrected chi connectivity index (χ0v) is 13.5. The lowest BCUT2D eigenvalue weighted by atomic mass is 9.89. The van der Waals surface area contributed by atoms with Crippen LogP contribution >= 0.6 is 0 Å². The van der Waals surface area contributed by atoms with Crippen molar-refractivity contribution >= 4 is 5.97 Å². The van der Waals surface area contributed by atoms with Gasteiger partial charge in [0.15, 0.2) is 6.10 Å². The molecule has 5 heteroatoms. The molecular formula is C19H20FNO3. The molecule has 2 atom stereocenters. The molecule has 0 fully saturated rings. The molecule has 0 aliphatic heterocycles. The van der Waals surface area contributed by atoms with E-state index in [1.165, 1.54) is 13.2 Å². The van der Waals surface area contributed by atoms with Crippen LogP contribution in [0.25, 0.3) is 0 Å². The zero-order chi connectivity index (χ0) is 16.9. The van der Waals surface area contributed by atoms with E-state index in [1.807, 2.05) is 30.3 Å². The van der Waals surface area contributed by atoms with E-state index in [2.05, 4.69) is 5.48 Å². The predicted molar refractivity (Wildman–Crippen MR) is 87.6 cm³/mol. The van der Waals surface area contributed by atoms with Crippen molar-refractivity contribution in [3.8, 4) is 0 Å². The van der Waals surface area contributed by atoms with Crippen LogP contribution in [0, 0.1) is 5.82 Å². The zero-order valence-electron chi connectivity index (χ0n) is 13.5. The van der Waals surface area contributed by atoms with Crippen molar-refractivity contribution in [2.24, 2.45) is 0 Å². The van der Waals surface area contributed by atoms with Crippen molar-refractivity contribution < 1.29 is 18.8 Å². The Bertz CT molecular complexity index is 705. The van der Waals surface area contributed by atoms with Gasteiger partial charge < -0.3 is 9.57 Å². The Hall–Kier alpha value is -2.24. The maximum Gasteiger partial charge on any atom is 0.358 e. The molecule has 0 amide bonds. The quantitative estimate of drug-likeness (QED) is 0.856. The molecule has 1 aliphatic rings. The van der Waals surface area contributed by atoms with E-state index in [4.69, 9.17) is 9.57 Å². The number of hydrogen-bond acceptors (Lipinski definition) is 4. The fraction of sp³-hybridized carbons (Fsp3) is 0.316. The first kappa shape index (κ1) is 16.6. The summed E-state index contributed by atoms with van der Waals surface area (Å²) < 4.78 is 18.5. The highest BCUT2D eigenvalue weighted by Crippen LogP contribution is 2.23. The SMILES string of the molecule is CO[C@H](C(=O)ONC1CCc2cc(F)ccc2C1)c1ccccc1. The van der Waals surface area contributed by atoms with Crippen LogP contribution in [0.1, 0.15) is 29.2 Å². The summed E-state index contributed by atoms with van der Waals surface area (Å²) in [5, 5.41) is 0. The number of carbonyl (C=O) groups excluding carboxylic acids is 1. The first-order valence-electron chi connectivity index (χ1n) is 7.98. The molecule has 2 aromatic carbocycles. The van der Waals surface area contributed by atoms with Crippen molar-refractivity contribution in [2.75, 3.05) is 7.11 Å². The standard InChI is InChI=1S/C19H20FNO3/c1-23-18(13-5-3-2-4-6-13)19(22)24-21-17-10-8-14-11-16(20)9-7-15(14)12-17/h2-7,9,11,17-18,21H,8,10,12H2,1H3/t17?,18-/m0/s1. The third-order valence-electron chi connectivity index (χ3n) is 4.28. The van der Waals surface area contributed by atoms with Crippen LogP contribution in [-0.4, -0.2) is 19.1 Å². The summed E-state index contributed by atoms with van der Waals surface area (Å²) in [4.78, 5) is 17.5. The molecule has 1 N–H and O–H groups in total. The maximum atomic E-state index is 13.2. The van der Waals surface area contributed by atoms with Crippen LogP contribution in [0.15, 0.2) is 48.5 Å². The number of aryl methyl sites for hydroxylation is 1. The number of rotatable bonds is 5. The van der Waals surface area contributed by atoms with Crippen molar-refractivity contribution in [1.82, 2.24) is 5.48 Å². The Morgan fingerprint density at radius 1 is 1.21 bits per heavy atom. The Morgan fingerprint density at radius 3 is 2.75 bits per heavy atom. The van der Waals surface area contributed by atoms with Gasteiger partial charge in [-0.15, -0.1) is 5.48 Å². The summed E-state index contributed by atoms with van der Waals surface area (Å²) in [6.07, 6.45) is 1.48. The monoisotopic (exact) mass is 329 g/mol. The number of methoxy groups -OCH3 is 1. The lowest BCUT2D eigenvalue weighted by molar-refractivity contribution is -0.165. The Labute approximate surface area is 140 Å². The second kappa shape index (κ2) is 7.55. The van der Waals surface area contributed by atoms with E-state index in [1.54, 1.807) is 12.1 Å². The van der Waals surface area contributed by atoms with Gasteiger partial charge in [-0.3, -0.25) is 0 Å². The summed E-state index contributed by atoms with van der Waals surface area (Å²) >= 11 is 0. The van der Waals surface area contributed by atoms with E-state index in [0.717, 1.165) is 29.5 Å². The molecule has 0 heterocycles. The topological polar surface area (TPSA) is 47.6 Å². The van der Waals surface area contributed by atoms with Gasteiger partial charge in [-0.25, -0.2) is 9.18 Å². The van der Waals surface area contributed by atoms with Gasteiger partial charge in [0.25, 0.3) is 0 Å². The lowest BCUT2D eigenvalue weighted by Crippen LogP contribution is -2.37. The Kier molecular flexibility index (Phi) is 5.23. The number of hydroxylamine groups is 1. The average molecular weight is 329 g/mol. The molecule has 0 aromatic heterocycles. The molecular weight excluding hydrogens is 309 g/mol. The Balaban J connectivity index is 1.58. The van der Waals surface area contributed by atoms with Crippen molar-refractivity contribution in [2.45, 2.75) is 31.4 Å². The van der Waals surface area contributed by atoms with Gasteiger partial charge in [0.05, 0.1) is 0 Å². The van der Waals surface area contributed by atoms with Gasteiger partial charge in [-0.2, -0.15) is 0 Å². The average Bonchev–Trinajstić information content (AvgIpc) is 2.61. The summed E-state index contributed by atoms with van der Waals surface area (Å²) in [5.74, 6) is -0.689. The van der Waals surface area contributed by atoms with Crippen LogP contribution in [-0.2, 0) is 27.2 Å². The number of benzene rings is 2. The second-order valence-electron chi connectivity index (χ2n) is 5.92. The molecule has 126 valence electrons. The summed E-state index contributed by atoms with van der Waals surface area (Å²) in [6, 6.07) is 14.1. The molecule has 0 radical (unpaired) electrons. The number of nitrogens with one attached hydrogen (secondary N) is 1. The molecule has 4 nitrogen and oxygen atoms in total. The van der Waals surface area contributed by atoms with Crippen LogP contribution < -0.4 is 5.48 Å². The molecule has 2 aromatic rings. The molecule has 0 bridgehead atoms. The molecule has 0 spiro atoms. The lowest BCUT2D eigenvalue weighted by Gasteiger charge is -2.25. The minimum Gasteiger partial charge on any atom is -0.368 e. The molecule has 0 saturated carbocycles. The fourth-order valence-corrected chi connectivity index (χ4v) is 3.02. The van der Waals surface area contributed by atoms with Gasteiger partial charge in [0, 0.05) is 13.2 Å². The van der Waals surface area contributed by atoms with Gasteiger partial charge in [-0.1, -0.05) is 36.4 Å². The van der Waals surface area contributed by atoms with Crippen molar-refractivity contribution in [3.63, 3.8) is 0 Å². The normalized spacial score (nSPS) is 17.8. The summed E-state index contributed by atoms with van der Waals surface area (Å²) in [6.45, 7) is 0. The third kappa shape index (κ3) is 3.80. The first-order valence-corrected chi connectivity index (χ1v) is 7.98. The van der Waals surface area contributed by atoms with E-state index in [9.17, 15) is 9.18 Å². The van der Waals surface area contributed by atoms with Gasteiger partial charge in [-0.05, 0) is 48.1 Å². The minimum absolute atomic E-state index is 0.0141. The molecule has 3 rings (SSSR count). The van der Waals surface area contributed by atoms with Gasteiger partial charge >= 0.3 is 5.97 Å². The highest BCUT2D eigenvalue weighted by molar-refractivity contribution is 5.76. The largest absolute Gasteiger partial charge is 0.368 e. The highest BCUT2D eigenvalue weighted by Gasteiger charge is 2.25. The maximum absolute atomic E-state index is 13.2. The van der Waals surface area contributed by atoms with Gasteiger partial charge in [0.2, 0.25) is 0 Å². The van der Waals surface area contributed by atoms with Gasteiger partial charge in [0.1, 0.15) is 5.82 Å². The summed E-state index contributed by atoms with van der Waals surface area (Å²) in [5.41, 5.74) is 5.70. The molecule has 0 saturated heterocycles. The smallest absolute Gasteiger partial charge is 0.358 e. The van der Waals surface area contributed by atoms with Crippen molar-refractivity contribution in [3.05, 3.63) is 71.0 Å². The van der Waals surface area contributed by atoms with Crippen molar-refractivity contribution in [1.29, 1.82) is 0 Å². The van der Waals surface area contributed by atoms with Crippen LogP contribution in [0.5, 0.6) is 0 Å².